The molecule has 0 radical (unpaired) electrons. The van der Waals surface area contributed by atoms with Crippen LogP contribution in [0.2, 0.25) is 0 Å². The van der Waals surface area contributed by atoms with Gasteiger partial charge in [0.25, 0.3) is 0 Å². The van der Waals surface area contributed by atoms with Gasteiger partial charge in [0, 0.05) is 70.4 Å². The van der Waals surface area contributed by atoms with E-state index in [2.05, 4.69) is 171 Å². The number of hydrogen-bond acceptors (Lipinski definition) is 2. The lowest BCUT2D eigenvalue weighted by Gasteiger charge is -2.22. The number of allylic oxidation sites excluding steroid dienone is 2. The molecule has 0 N–H and O–H groups in total. The SMILES string of the molecule is C1=NCCC(n2c3c(c4cc5c(cc42)-c2cc4c(cc2CC5)c2cc(-c5cccc6ccccc56)ccc2n4-c2ccncc2)C=C(c2cccc4ccccc24)CC3)=C1. The second-order valence-electron chi connectivity index (χ2n) is 16.7. The number of aryl methyl sites for hydroxylation is 2. The van der Waals surface area contributed by atoms with Crippen molar-refractivity contribution in [3.63, 3.8) is 0 Å². The van der Waals surface area contributed by atoms with E-state index < -0.39 is 0 Å². The number of rotatable bonds is 4. The lowest BCUT2D eigenvalue weighted by molar-refractivity contribution is 0.868. The number of fused-ring (bicyclic) bond motifs is 11. The Bertz CT molecular complexity index is 3530. The van der Waals surface area contributed by atoms with E-state index in [1.54, 1.807) is 0 Å². The van der Waals surface area contributed by atoms with Crippen molar-refractivity contribution in [2.75, 3.05) is 6.54 Å². The van der Waals surface area contributed by atoms with Gasteiger partial charge in [-0.3, -0.25) is 9.98 Å². The van der Waals surface area contributed by atoms with Crippen LogP contribution in [0.15, 0.2) is 163 Å². The van der Waals surface area contributed by atoms with Crippen molar-refractivity contribution in [2.45, 2.75) is 32.1 Å². The average Bonchev–Trinajstić information content (AvgIpc) is 3.81. The molecular weight excluding hydrogens is 729 g/mol. The summed E-state index contributed by atoms with van der Waals surface area (Å²) < 4.78 is 5.04. The molecule has 1 aliphatic heterocycles. The summed E-state index contributed by atoms with van der Waals surface area (Å²) in [6.45, 7) is 0.824. The van der Waals surface area contributed by atoms with Gasteiger partial charge < -0.3 is 9.13 Å². The van der Waals surface area contributed by atoms with Gasteiger partial charge >= 0.3 is 0 Å². The first kappa shape index (κ1) is 33.6. The monoisotopic (exact) mass is 768 g/mol. The Morgan fingerprint density at radius 2 is 1.13 bits per heavy atom. The van der Waals surface area contributed by atoms with E-state index in [0.29, 0.717) is 0 Å². The van der Waals surface area contributed by atoms with Crippen molar-refractivity contribution in [2.24, 2.45) is 4.99 Å². The van der Waals surface area contributed by atoms with E-state index in [-0.39, 0.29) is 0 Å². The molecule has 284 valence electrons. The van der Waals surface area contributed by atoms with Gasteiger partial charge in [-0.25, -0.2) is 0 Å². The van der Waals surface area contributed by atoms with E-state index in [0.717, 1.165) is 44.3 Å². The molecule has 10 aromatic rings. The highest BCUT2D eigenvalue weighted by atomic mass is 15.0. The Morgan fingerprint density at radius 1 is 0.467 bits per heavy atom. The topological polar surface area (TPSA) is 35.1 Å². The molecular formula is C56H40N4. The molecule has 3 aliphatic rings. The number of nitrogens with zero attached hydrogens (tertiary/aromatic N) is 4. The zero-order chi connectivity index (χ0) is 39.3. The van der Waals surface area contributed by atoms with Crippen LogP contribution in [0.5, 0.6) is 0 Å². The fourth-order valence-electron chi connectivity index (χ4n) is 10.8. The molecule has 3 aromatic heterocycles. The Labute approximate surface area is 348 Å². The van der Waals surface area contributed by atoms with Crippen LogP contribution in [0.1, 0.15) is 40.8 Å². The first-order chi connectivity index (χ1) is 29.7. The van der Waals surface area contributed by atoms with Crippen LogP contribution in [-0.2, 0) is 19.3 Å². The zero-order valence-electron chi connectivity index (χ0n) is 33.2. The van der Waals surface area contributed by atoms with Crippen molar-refractivity contribution < 1.29 is 0 Å². The third-order valence-electron chi connectivity index (χ3n) is 13.5. The largest absolute Gasteiger partial charge is 0.317 e. The third kappa shape index (κ3) is 5.04. The minimum absolute atomic E-state index is 0.824. The number of dihydropyridines is 1. The molecule has 0 saturated heterocycles. The highest BCUT2D eigenvalue weighted by Crippen LogP contribution is 2.46. The number of pyridine rings is 1. The Hall–Kier alpha value is -7.30. The molecule has 4 nitrogen and oxygen atoms in total. The second kappa shape index (κ2) is 13.1. The minimum Gasteiger partial charge on any atom is -0.317 e. The summed E-state index contributed by atoms with van der Waals surface area (Å²) in [6, 6.07) is 52.3. The number of aromatic nitrogens is 3. The Kier molecular flexibility index (Phi) is 7.35. The van der Waals surface area contributed by atoms with Gasteiger partial charge in [0.2, 0.25) is 0 Å². The molecule has 0 spiro atoms. The summed E-state index contributed by atoms with van der Waals surface area (Å²) in [5.74, 6) is 0. The van der Waals surface area contributed by atoms with Crippen LogP contribution in [0.4, 0.5) is 0 Å². The van der Waals surface area contributed by atoms with E-state index >= 15 is 0 Å². The molecule has 0 unspecified atom stereocenters. The first-order valence-corrected chi connectivity index (χ1v) is 21.3. The normalized spacial score (nSPS) is 14.7. The lowest BCUT2D eigenvalue weighted by Crippen LogP contribution is -2.09. The molecule has 60 heavy (non-hydrogen) atoms. The number of hydrogen-bond donors (Lipinski definition) is 0. The average molecular weight is 769 g/mol. The highest BCUT2D eigenvalue weighted by Gasteiger charge is 2.28. The number of aliphatic imine (C=N–C) groups is 1. The summed E-state index contributed by atoms with van der Waals surface area (Å²) in [6.07, 6.45) is 15.6. The van der Waals surface area contributed by atoms with E-state index in [1.165, 1.54) is 116 Å². The van der Waals surface area contributed by atoms with Crippen molar-refractivity contribution in [3.05, 3.63) is 186 Å². The predicted molar refractivity (Wildman–Crippen MR) is 252 cm³/mol. The fourth-order valence-corrected chi connectivity index (χ4v) is 10.8. The van der Waals surface area contributed by atoms with Gasteiger partial charge in [-0.05, 0) is 152 Å². The fraction of sp³-hybridized carbons (Fsp3) is 0.107. The van der Waals surface area contributed by atoms with Gasteiger partial charge in [-0.1, -0.05) is 91.0 Å². The second-order valence-corrected chi connectivity index (χ2v) is 16.7. The summed E-state index contributed by atoms with van der Waals surface area (Å²) >= 11 is 0. The molecule has 4 heterocycles. The van der Waals surface area contributed by atoms with Gasteiger partial charge in [0.15, 0.2) is 0 Å². The molecule has 0 amide bonds. The first-order valence-electron chi connectivity index (χ1n) is 21.3. The standard InChI is InChI=1S/C56H40N4/c1-3-11-43-35(7-1)9-5-13-45(43)37-17-19-53-49(29-37)51-31-39-15-16-40-32-52-50-30-38(46-14-6-10-36-8-2-4-12-44(36)46)18-20-54(50)60(42-23-27-58-28-24-42)56(52)34-48(40)47(39)33-55(51)59(53)41-21-25-57-26-22-41/h1-14,17,19,21-23,25-27,29-34H,15-16,18,20,24,28H2. The molecule has 2 aliphatic carbocycles. The molecule has 0 saturated carbocycles. The Balaban J connectivity index is 1.03. The van der Waals surface area contributed by atoms with Crippen molar-refractivity contribution >= 4 is 77.8 Å². The molecule has 0 bridgehead atoms. The molecule has 4 heteroatoms. The quantitative estimate of drug-likeness (QED) is 0.176. The van der Waals surface area contributed by atoms with Gasteiger partial charge in [0.1, 0.15) is 0 Å². The van der Waals surface area contributed by atoms with Crippen LogP contribution in [0.25, 0.3) is 99.5 Å². The van der Waals surface area contributed by atoms with Crippen LogP contribution < -0.4 is 0 Å². The predicted octanol–water partition coefficient (Wildman–Crippen LogP) is 13.7. The summed E-state index contributed by atoms with van der Waals surface area (Å²) in [7, 11) is 0. The van der Waals surface area contributed by atoms with Crippen LogP contribution >= 0.6 is 0 Å². The van der Waals surface area contributed by atoms with Gasteiger partial charge in [-0.2, -0.15) is 0 Å². The van der Waals surface area contributed by atoms with Crippen LogP contribution in [0.3, 0.4) is 0 Å². The lowest BCUT2D eigenvalue weighted by atomic mass is 9.83. The maximum Gasteiger partial charge on any atom is 0.0547 e. The van der Waals surface area contributed by atoms with Crippen LogP contribution in [-0.4, -0.2) is 26.9 Å². The van der Waals surface area contributed by atoms with Gasteiger partial charge in [-0.15, -0.1) is 0 Å². The summed E-state index contributed by atoms with van der Waals surface area (Å²) in [5.41, 5.74) is 19.8. The highest BCUT2D eigenvalue weighted by molar-refractivity contribution is 6.13. The van der Waals surface area contributed by atoms with Crippen LogP contribution in [0, 0.1) is 0 Å². The van der Waals surface area contributed by atoms with E-state index in [4.69, 9.17) is 0 Å². The number of benzene rings is 7. The van der Waals surface area contributed by atoms with Crippen molar-refractivity contribution in [1.29, 1.82) is 0 Å². The smallest absolute Gasteiger partial charge is 0.0547 e. The zero-order valence-corrected chi connectivity index (χ0v) is 33.2. The van der Waals surface area contributed by atoms with E-state index in [1.807, 2.05) is 18.6 Å². The molecule has 0 fully saturated rings. The van der Waals surface area contributed by atoms with Gasteiger partial charge in [0.05, 0.1) is 16.6 Å². The summed E-state index contributed by atoms with van der Waals surface area (Å²) in [5, 5.41) is 9.10. The van der Waals surface area contributed by atoms with E-state index in [9.17, 15) is 0 Å². The molecule has 0 atom stereocenters. The summed E-state index contributed by atoms with van der Waals surface area (Å²) in [4.78, 5) is 9.00. The molecule has 7 aromatic carbocycles. The molecule has 13 rings (SSSR count). The maximum atomic E-state index is 4.59. The Morgan fingerprint density at radius 3 is 1.88 bits per heavy atom. The third-order valence-corrected chi connectivity index (χ3v) is 13.5. The minimum atomic E-state index is 0.824. The van der Waals surface area contributed by atoms with Crippen molar-refractivity contribution in [3.8, 4) is 27.9 Å². The van der Waals surface area contributed by atoms with Crippen molar-refractivity contribution in [1.82, 2.24) is 14.1 Å². The maximum absolute atomic E-state index is 4.59.